The van der Waals surface area contributed by atoms with Gasteiger partial charge < -0.3 is 15.0 Å². The van der Waals surface area contributed by atoms with Crippen LogP contribution in [0, 0.1) is 0 Å². The normalized spacial score (nSPS) is 10.6. The number of anilines is 2. The van der Waals surface area contributed by atoms with Gasteiger partial charge in [0.1, 0.15) is 5.75 Å². The lowest BCUT2D eigenvalue weighted by Gasteiger charge is -2.27. The summed E-state index contributed by atoms with van der Waals surface area (Å²) in [6.07, 6.45) is 0. The Morgan fingerprint density at radius 2 is 1.71 bits per heavy atom. The van der Waals surface area contributed by atoms with Gasteiger partial charge in [-0.15, -0.1) is 10.2 Å². The van der Waals surface area contributed by atoms with E-state index in [-0.39, 0.29) is 11.9 Å². The van der Waals surface area contributed by atoms with Crippen molar-refractivity contribution in [3.63, 3.8) is 0 Å². The molecule has 0 spiro atoms. The maximum absolute atomic E-state index is 12.4. The standard InChI is InChI=1S/C22H24N4O2/c1-16(2)26(15-17-7-5-4-6-8-17)21-14-13-20(24-25-21)23-22(27)18-9-11-19(28-3)12-10-18/h4-14,16H,15H2,1-3H3,(H,23,24,27). The number of aromatic nitrogens is 2. The van der Waals surface area contributed by atoms with E-state index in [0.717, 1.165) is 12.4 Å². The average Bonchev–Trinajstić information content (AvgIpc) is 2.73. The lowest BCUT2D eigenvalue weighted by molar-refractivity contribution is 0.102. The summed E-state index contributed by atoms with van der Waals surface area (Å²) in [7, 11) is 1.59. The van der Waals surface area contributed by atoms with Crippen LogP contribution in [0.3, 0.4) is 0 Å². The van der Waals surface area contributed by atoms with Gasteiger partial charge in [0.05, 0.1) is 7.11 Å². The number of benzene rings is 2. The van der Waals surface area contributed by atoms with Gasteiger partial charge in [0.25, 0.3) is 5.91 Å². The van der Waals surface area contributed by atoms with E-state index in [2.05, 4.69) is 46.4 Å². The Morgan fingerprint density at radius 1 is 1.00 bits per heavy atom. The number of hydrogen-bond acceptors (Lipinski definition) is 5. The molecule has 0 aliphatic rings. The van der Waals surface area contributed by atoms with Gasteiger partial charge in [-0.25, -0.2) is 0 Å². The van der Waals surface area contributed by atoms with Crippen molar-refractivity contribution < 1.29 is 9.53 Å². The van der Waals surface area contributed by atoms with Crippen molar-refractivity contribution in [3.05, 3.63) is 77.9 Å². The lowest BCUT2D eigenvalue weighted by atomic mass is 10.2. The van der Waals surface area contributed by atoms with Crippen LogP contribution in [0.2, 0.25) is 0 Å². The molecule has 0 atom stereocenters. The van der Waals surface area contributed by atoms with E-state index in [1.165, 1.54) is 5.56 Å². The summed E-state index contributed by atoms with van der Waals surface area (Å²) in [5.41, 5.74) is 1.73. The van der Waals surface area contributed by atoms with Crippen molar-refractivity contribution in [2.75, 3.05) is 17.3 Å². The van der Waals surface area contributed by atoms with Crippen LogP contribution in [0.1, 0.15) is 29.8 Å². The molecule has 0 saturated heterocycles. The molecule has 1 amide bonds. The van der Waals surface area contributed by atoms with Gasteiger partial charge in [0.15, 0.2) is 11.6 Å². The molecule has 0 unspecified atom stereocenters. The molecule has 0 aliphatic carbocycles. The Kier molecular flexibility index (Phi) is 6.22. The molecule has 0 radical (unpaired) electrons. The van der Waals surface area contributed by atoms with E-state index in [1.54, 1.807) is 37.4 Å². The number of rotatable bonds is 7. The number of ether oxygens (including phenoxy) is 1. The summed E-state index contributed by atoms with van der Waals surface area (Å²) in [5, 5.41) is 11.3. The van der Waals surface area contributed by atoms with E-state index < -0.39 is 0 Å². The molecule has 0 fully saturated rings. The molecule has 3 aromatic rings. The van der Waals surface area contributed by atoms with Gasteiger partial charge in [0.2, 0.25) is 0 Å². The summed E-state index contributed by atoms with van der Waals surface area (Å²) in [4.78, 5) is 14.5. The van der Waals surface area contributed by atoms with Crippen LogP contribution in [-0.4, -0.2) is 29.3 Å². The topological polar surface area (TPSA) is 67.3 Å². The fraction of sp³-hybridized carbons (Fsp3) is 0.227. The molecular weight excluding hydrogens is 352 g/mol. The van der Waals surface area contributed by atoms with E-state index in [9.17, 15) is 4.79 Å². The molecule has 144 valence electrons. The average molecular weight is 376 g/mol. The SMILES string of the molecule is COc1ccc(C(=O)Nc2ccc(N(Cc3ccccc3)C(C)C)nn2)cc1. The van der Waals surface area contributed by atoms with Crippen molar-refractivity contribution in [2.45, 2.75) is 26.4 Å². The van der Waals surface area contributed by atoms with Gasteiger partial charge in [-0.2, -0.15) is 0 Å². The molecule has 28 heavy (non-hydrogen) atoms. The highest BCUT2D eigenvalue weighted by molar-refractivity contribution is 6.03. The summed E-state index contributed by atoms with van der Waals surface area (Å²) in [6, 6.07) is 21.0. The zero-order chi connectivity index (χ0) is 19.9. The minimum Gasteiger partial charge on any atom is -0.497 e. The molecule has 6 heteroatoms. The second-order valence-corrected chi connectivity index (χ2v) is 6.67. The molecule has 0 aliphatic heterocycles. The minimum atomic E-state index is -0.241. The summed E-state index contributed by atoms with van der Waals surface area (Å²) < 4.78 is 5.11. The monoisotopic (exact) mass is 376 g/mol. The predicted octanol–water partition coefficient (Wildman–Crippen LogP) is 4.15. The molecule has 3 rings (SSSR count). The molecular formula is C22H24N4O2. The summed E-state index contributed by atoms with van der Waals surface area (Å²) >= 11 is 0. The first kappa shape index (κ1) is 19.4. The van der Waals surface area contributed by atoms with Crippen LogP contribution < -0.4 is 15.0 Å². The molecule has 2 aromatic carbocycles. The van der Waals surface area contributed by atoms with Crippen molar-refractivity contribution in [1.82, 2.24) is 10.2 Å². The Bertz CT molecular complexity index is 894. The minimum absolute atomic E-state index is 0.241. The molecule has 0 bridgehead atoms. The molecule has 6 nitrogen and oxygen atoms in total. The maximum Gasteiger partial charge on any atom is 0.256 e. The highest BCUT2D eigenvalue weighted by Gasteiger charge is 2.14. The van der Waals surface area contributed by atoms with Crippen LogP contribution >= 0.6 is 0 Å². The number of amides is 1. The molecule has 1 aromatic heterocycles. The number of carbonyl (C=O) groups is 1. The van der Waals surface area contributed by atoms with Gasteiger partial charge in [0, 0.05) is 18.2 Å². The quantitative estimate of drug-likeness (QED) is 0.671. The van der Waals surface area contributed by atoms with Crippen molar-refractivity contribution >= 4 is 17.5 Å². The largest absolute Gasteiger partial charge is 0.497 e. The third-order valence-electron chi connectivity index (χ3n) is 4.36. The van der Waals surface area contributed by atoms with Crippen LogP contribution in [0.25, 0.3) is 0 Å². The number of nitrogens with one attached hydrogen (secondary N) is 1. The first-order valence-corrected chi connectivity index (χ1v) is 9.16. The van der Waals surface area contributed by atoms with E-state index in [4.69, 9.17) is 4.74 Å². The third-order valence-corrected chi connectivity index (χ3v) is 4.36. The van der Waals surface area contributed by atoms with Gasteiger partial charge in [-0.3, -0.25) is 4.79 Å². The van der Waals surface area contributed by atoms with Crippen LogP contribution in [0.5, 0.6) is 5.75 Å². The van der Waals surface area contributed by atoms with Gasteiger partial charge in [-0.05, 0) is 55.8 Å². The molecule has 1 heterocycles. The maximum atomic E-state index is 12.4. The van der Waals surface area contributed by atoms with Gasteiger partial charge in [-0.1, -0.05) is 30.3 Å². The lowest BCUT2D eigenvalue weighted by Crippen LogP contribution is -2.31. The zero-order valence-electron chi connectivity index (χ0n) is 16.3. The number of methoxy groups -OCH3 is 1. The first-order valence-electron chi connectivity index (χ1n) is 9.16. The van der Waals surface area contributed by atoms with Crippen molar-refractivity contribution in [3.8, 4) is 5.75 Å². The highest BCUT2D eigenvalue weighted by atomic mass is 16.5. The van der Waals surface area contributed by atoms with Crippen LogP contribution in [-0.2, 0) is 6.54 Å². The van der Waals surface area contributed by atoms with E-state index in [1.807, 2.05) is 24.3 Å². The second-order valence-electron chi connectivity index (χ2n) is 6.67. The highest BCUT2D eigenvalue weighted by Crippen LogP contribution is 2.19. The van der Waals surface area contributed by atoms with E-state index in [0.29, 0.717) is 17.1 Å². The fourth-order valence-corrected chi connectivity index (χ4v) is 2.78. The van der Waals surface area contributed by atoms with Crippen LogP contribution in [0.4, 0.5) is 11.6 Å². The second kappa shape index (κ2) is 8.99. The van der Waals surface area contributed by atoms with Crippen LogP contribution in [0.15, 0.2) is 66.7 Å². The Hall–Kier alpha value is -3.41. The molecule has 1 N–H and O–H groups in total. The predicted molar refractivity (Wildman–Crippen MR) is 111 cm³/mol. The Balaban J connectivity index is 1.69. The third kappa shape index (κ3) is 4.85. The number of carbonyl (C=O) groups excluding carboxylic acids is 1. The Morgan fingerprint density at radius 3 is 2.29 bits per heavy atom. The van der Waals surface area contributed by atoms with E-state index >= 15 is 0 Å². The zero-order valence-corrected chi connectivity index (χ0v) is 16.3. The number of hydrogen-bond donors (Lipinski definition) is 1. The summed E-state index contributed by atoms with van der Waals surface area (Å²) in [5.74, 6) is 1.64. The number of nitrogens with zero attached hydrogens (tertiary/aromatic N) is 3. The molecule has 0 saturated carbocycles. The van der Waals surface area contributed by atoms with Crippen molar-refractivity contribution in [1.29, 1.82) is 0 Å². The van der Waals surface area contributed by atoms with Crippen molar-refractivity contribution in [2.24, 2.45) is 0 Å². The first-order chi connectivity index (χ1) is 13.6. The summed E-state index contributed by atoms with van der Waals surface area (Å²) in [6.45, 7) is 4.97. The Labute approximate surface area is 165 Å². The fourth-order valence-electron chi connectivity index (χ4n) is 2.78. The smallest absolute Gasteiger partial charge is 0.256 e. The van der Waals surface area contributed by atoms with Gasteiger partial charge >= 0.3 is 0 Å².